The molecule has 3 aromatic carbocycles. The molecule has 4 aromatic rings. The van der Waals surface area contributed by atoms with Crippen molar-refractivity contribution < 1.29 is 23.8 Å². The highest BCUT2D eigenvalue weighted by Gasteiger charge is 2.13. The average molecular weight is 463 g/mol. The lowest BCUT2D eigenvalue weighted by atomic mass is 10.2. The fourth-order valence-corrected chi connectivity index (χ4v) is 4.24. The number of nitrogens with zero attached hydrogens (tertiary/aromatic N) is 2. The van der Waals surface area contributed by atoms with Gasteiger partial charge in [0.2, 0.25) is 0 Å². The zero-order valence-corrected chi connectivity index (χ0v) is 19.0. The van der Waals surface area contributed by atoms with Crippen molar-refractivity contribution in [3.05, 3.63) is 83.2 Å². The SMILES string of the molecule is CCOc1ccc2c(c1)sc(=NC(=O)c1ccc(Oc3ccccc3)cc1)n2CC(=O)OC. The first kappa shape index (κ1) is 22.3. The summed E-state index contributed by atoms with van der Waals surface area (Å²) >= 11 is 1.31. The van der Waals surface area contributed by atoms with E-state index in [-0.39, 0.29) is 6.54 Å². The molecule has 1 heterocycles. The zero-order valence-electron chi connectivity index (χ0n) is 18.2. The van der Waals surface area contributed by atoms with Crippen molar-refractivity contribution >= 4 is 33.4 Å². The second kappa shape index (κ2) is 10.1. The third-order valence-electron chi connectivity index (χ3n) is 4.76. The molecule has 8 heteroatoms. The Morgan fingerprint density at radius 3 is 2.33 bits per heavy atom. The van der Waals surface area contributed by atoms with Gasteiger partial charge in [0.05, 0.1) is 23.9 Å². The molecule has 0 atom stereocenters. The lowest BCUT2D eigenvalue weighted by Gasteiger charge is -2.06. The Balaban J connectivity index is 1.65. The van der Waals surface area contributed by atoms with Gasteiger partial charge in [-0.3, -0.25) is 9.59 Å². The van der Waals surface area contributed by atoms with E-state index in [4.69, 9.17) is 14.2 Å². The van der Waals surface area contributed by atoms with Gasteiger partial charge in [-0.2, -0.15) is 4.99 Å². The maximum Gasteiger partial charge on any atom is 0.325 e. The maximum atomic E-state index is 12.9. The first-order valence-electron chi connectivity index (χ1n) is 10.3. The fraction of sp³-hybridized carbons (Fsp3) is 0.160. The normalized spacial score (nSPS) is 11.4. The molecule has 0 saturated heterocycles. The molecule has 0 fully saturated rings. The van der Waals surface area contributed by atoms with Crippen LogP contribution in [0.5, 0.6) is 17.2 Å². The van der Waals surface area contributed by atoms with Crippen LogP contribution in [0.3, 0.4) is 0 Å². The summed E-state index contributed by atoms with van der Waals surface area (Å²) in [5.74, 6) is 1.19. The number of hydrogen-bond acceptors (Lipinski definition) is 6. The minimum atomic E-state index is -0.431. The molecule has 0 saturated carbocycles. The molecule has 0 unspecified atom stereocenters. The van der Waals surface area contributed by atoms with Crippen LogP contribution in [-0.4, -0.2) is 30.2 Å². The van der Waals surface area contributed by atoms with Crippen LogP contribution >= 0.6 is 11.3 Å². The molecule has 0 radical (unpaired) electrons. The van der Waals surface area contributed by atoms with Gasteiger partial charge >= 0.3 is 5.97 Å². The summed E-state index contributed by atoms with van der Waals surface area (Å²) in [4.78, 5) is 29.6. The lowest BCUT2D eigenvalue weighted by molar-refractivity contribution is -0.141. The van der Waals surface area contributed by atoms with Gasteiger partial charge in [0.25, 0.3) is 5.91 Å². The molecule has 0 aliphatic heterocycles. The predicted octanol–water partition coefficient (Wildman–Crippen LogP) is 4.81. The average Bonchev–Trinajstić information content (AvgIpc) is 3.16. The molecule has 0 bridgehead atoms. The molecular formula is C25H22N2O5S. The van der Waals surface area contributed by atoms with Crippen molar-refractivity contribution in [1.29, 1.82) is 0 Å². The highest BCUT2D eigenvalue weighted by molar-refractivity contribution is 7.16. The van der Waals surface area contributed by atoms with Crippen molar-refractivity contribution in [2.75, 3.05) is 13.7 Å². The van der Waals surface area contributed by atoms with Crippen LogP contribution in [0.4, 0.5) is 0 Å². The largest absolute Gasteiger partial charge is 0.494 e. The predicted molar refractivity (Wildman–Crippen MR) is 126 cm³/mol. The van der Waals surface area contributed by atoms with Gasteiger partial charge in [-0.15, -0.1) is 0 Å². The Bertz CT molecular complexity index is 1340. The van der Waals surface area contributed by atoms with Crippen LogP contribution in [-0.2, 0) is 16.1 Å². The fourth-order valence-electron chi connectivity index (χ4n) is 3.18. The monoisotopic (exact) mass is 462 g/mol. The van der Waals surface area contributed by atoms with Gasteiger partial charge in [0, 0.05) is 5.56 Å². The zero-order chi connectivity index (χ0) is 23.2. The van der Waals surface area contributed by atoms with Crippen LogP contribution in [0.2, 0.25) is 0 Å². The smallest absolute Gasteiger partial charge is 0.325 e. The van der Waals surface area contributed by atoms with Gasteiger partial charge in [-0.25, -0.2) is 0 Å². The van der Waals surface area contributed by atoms with Crippen molar-refractivity contribution in [3.8, 4) is 17.2 Å². The molecule has 4 rings (SSSR count). The second-order valence-corrected chi connectivity index (χ2v) is 7.98. The number of aromatic nitrogens is 1. The van der Waals surface area contributed by atoms with E-state index in [1.165, 1.54) is 18.4 Å². The number of carbonyl (C=O) groups is 2. The standard InChI is InChI=1S/C25H22N2O5S/c1-3-31-20-13-14-21-22(15-20)33-25(27(21)16-23(28)30-2)26-24(29)17-9-11-19(12-10-17)32-18-7-5-4-6-8-18/h4-15H,3,16H2,1-2H3. The van der Waals surface area contributed by atoms with Crippen molar-refractivity contribution in [2.45, 2.75) is 13.5 Å². The van der Waals surface area contributed by atoms with Crippen molar-refractivity contribution in [2.24, 2.45) is 4.99 Å². The van der Waals surface area contributed by atoms with Gasteiger partial charge < -0.3 is 18.8 Å². The molecule has 168 valence electrons. The molecule has 33 heavy (non-hydrogen) atoms. The van der Waals surface area contributed by atoms with E-state index >= 15 is 0 Å². The third kappa shape index (κ3) is 5.30. The molecule has 0 N–H and O–H groups in total. The van der Waals surface area contributed by atoms with Gasteiger partial charge in [0.1, 0.15) is 23.8 Å². The Hall–Kier alpha value is -3.91. The van der Waals surface area contributed by atoms with Crippen LogP contribution in [0, 0.1) is 0 Å². The van der Waals surface area contributed by atoms with Gasteiger partial charge in [0.15, 0.2) is 4.80 Å². The van der Waals surface area contributed by atoms with Crippen molar-refractivity contribution in [3.63, 3.8) is 0 Å². The molecule has 7 nitrogen and oxygen atoms in total. The highest BCUT2D eigenvalue weighted by Crippen LogP contribution is 2.24. The number of carbonyl (C=O) groups excluding carboxylic acids is 2. The second-order valence-electron chi connectivity index (χ2n) is 6.97. The molecule has 1 amide bonds. The van der Waals surface area contributed by atoms with E-state index in [2.05, 4.69) is 4.99 Å². The number of thiazole rings is 1. The summed E-state index contributed by atoms with van der Waals surface area (Å²) in [6, 6.07) is 21.7. The summed E-state index contributed by atoms with van der Waals surface area (Å²) in [5, 5.41) is 0. The summed E-state index contributed by atoms with van der Waals surface area (Å²) in [6.07, 6.45) is 0. The van der Waals surface area contributed by atoms with E-state index in [0.717, 1.165) is 10.2 Å². The number of esters is 1. The lowest BCUT2D eigenvalue weighted by Crippen LogP contribution is -2.22. The number of amides is 1. The van der Waals surface area contributed by atoms with Crippen LogP contribution < -0.4 is 14.3 Å². The number of methoxy groups -OCH3 is 1. The summed E-state index contributed by atoms with van der Waals surface area (Å²) < 4.78 is 18.7. The summed E-state index contributed by atoms with van der Waals surface area (Å²) in [5.41, 5.74) is 1.18. The number of ether oxygens (including phenoxy) is 3. The third-order valence-corrected chi connectivity index (χ3v) is 5.80. The minimum absolute atomic E-state index is 0.0551. The number of fused-ring (bicyclic) bond motifs is 1. The first-order valence-corrected chi connectivity index (χ1v) is 11.1. The number of hydrogen-bond donors (Lipinski definition) is 0. The number of benzene rings is 3. The first-order chi connectivity index (χ1) is 16.1. The molecule has 0 aliphatic rings. The topological polar surface area (TPSA) is 79.1 Å². The van der Waals surface area contributed by atoms with Crippen LogP contribution in [0.15, 0.2) is 77.8 Å². The van der Waals surface area contributed by atoms with E-state index in [1.54, 1.807) is 28.8 Å². The molecule has 0 aliphatic carbocycles. The maximum absolute atomic E-state index is 12.9. The van der Waals surface area contributed by atoms with Gasteiger partial charge in [-0.05, 0) is 61.5 Å². The van der Waals surface area contributed by atoms with E-state index in [0.29, 0.717) is 34.2 Å². The van der Waals surface area contributed by atoms with Gasteiger partial charge in [-0.1, -0.05) is 29.5 Å². The van der Waals surface area contributed by atoms with E-state index in [1.807, 2.05) is 55.5 Å². The van der Waals surface area contributed by atoms with Crippen LogP contribution in [0.25, 0.3) is 10.2 Å². The van der Waals surface area contributed by atoms with Crippen LogP contribution in [0.1, 0.15) is 17.3 Å². The summed E-state index contributed by atoms with van der Waals surface area (Å²) in [6.45, 7) is 2.39. The Labute approximate surface area is 194 Å². The minimum Gasteiger partial charge on any atom is -0.494 e. The van der Waals surface area contributed by atoms with Crippen molar-refractivity contribution in [1.82, 2.24) is 4.57 Å². The highest BCUT2D eigenvalue weighted by atomic mass is 32.1. The Morgan fingerprint density at radius 2 is 1.64 bits per heavy atom. The number of rotatable bonds is 7. The van der Waals surface area contributed by atoms with E-state index < -0.39 is 11.9 Å². The molecule has 1 aromatic heterocycles. The quantitative estimate of drug-likeness (QED) is 0.368. The Morgan fingerprint density at radius 1 is 0.939 bits per heavy atom. The molecule has 0 spiro atoms. The number of para-hydroxylation sites is 1. The Kier molecular flexibility index (Phi) is 6.85. The summed E-state index contributed by atoms with van der Waals surface area (Å²) in [7, 11) is 1.33. The van der Waals surface area contributed by atoms with E-state index in [9.17, 15) is 9.59 Å². The molecular weight excluding hydrogens is 440 g/mol.